The number of para-hydroxylation sites is 1. The van der Waals surface area contributed by atoms with E-state index < -0.39 is 0 Å². The SMILES string of the molecule is CCN(Cc1cccs1)C(=O)COc1ccccc1Cl. The van der Waals surface area contributed by atoms with Crippen LogP contribution in [0.2, 0.25) is 5.02 Å². The second-order valence-electron chi connectivity index (χ2n) is 4.21. The molecule has 106 valence electrons. The first-order valence-corrected chi connectivity index (χ1v) is 7.64. The van der Waals surface area contributed by atoms with Gasteiger partial charge < -0.3 is 9.64 Å². The summed E-state index contributed by atoms with van der Waals surface area (Å²) in [5.74, 6) is 0.496. The molecular weight excluding hydrogens is 294 g/mol. The number of thiophene rings is 1. The van der Waals surface area contributed by atoms with Gasteiger partial charge in [0, 0.05) is 11.4 Å². The Morgan fingerprint density at radius 1 is 1.30 bits per heavy atom. The lowest BCUT2D eigenvalue weighted by molar-refractivity contribution is -0.133. The van der Waals surface area contributed by atoms with E-state index in [1.807, 2.05) is 36.6 Å². The predicted molar refractivity (Wildman–Crippen MR) is 82.4 cm³/mol. The first-order chi connectivity index (χ1) is 9.70. The molecule has 0 saturated heterocycles. The standard InChI is InChI=1S/C15H16ClNO2S/c1-2-17(10-12-6-5-9-20-12)15(18)11-19-14-8-4-3-7-13(14)16/h3-9H,2,10-11H2,1H3. The monoisotopic (exact) mass is 309 g/mol. The molecular formula is C15H16ClNO2S. The van der Waals surface area contributed by atoms with E-state index in [9.17, 15) is 4.79 Å². The van der Waals surface area contributed by atoms with Gasteiger partial charge in [-0.3, -0.25) is 4.79 Å². The lowest BCUT2D eigenvalue weighted by Gasteiger charge is -2.20. The fraction of sp³-hybridized carbons (Fsp3) is 0.267. The zero-order valence-corrected chi connectivity index (χ0v) is 12.8. The Bertz CT molecular complexity index is 557. The maximum atomic E-state index is 12.1. The minimum atomic E-state index is -0.0409. The molecule has 3 nitrogen and oxygen atoms in total. The van der Waals surface area contributed by atoms with Gasteiger partial charge in [-0.05, 0) is 30.5 Å². The molecule has 0 bridgehead atoms. The number of ether oxygens (including phenoxy) is 1. The number of carbonyl (C=O) groups excluding carboxylic acids is 1. The van der Waals surface area contributed by atoms with Crippen LogP contribution in [0.5, 0.6) is 5.75 Å². The summed E-state index contributed by atoms with van der Waals surface area (Å²) in [6.45, 7) is 3.24. The summed E-state index contributed by atoms with van der Waals surface area (Å²) in [7, 11) is 0. The third-order valence-electron chi connectivity index (χ3n) is 2.85. The molecule has 2 aromatic rings. The molecule has 1 amide bonds. The van der Waals surface area contributed by atoms with E-state index in [1.54, 1.807) is 28.4 Å². The quantitative estimate of drug-likeness (QED) is 0.811. The molecule has 0 atom stereocenters. The van der Waals surface area contributed by atoms with Crippen molar-refractivity contribution in [1.29, 1.82) is 0 Å². The van der Waals surface area contributed by atoms with Crippen molar-refractivity contribution in [2.24, 2.45) is 0 Å². The van der Waals surface area contributed by atoms with Gasteiger partial charge in [0.05, 0.1) is 11.6 Å². The minimum absolute atomic E-state index is 0.00293. The van der Waals surface area contributed by atoms with Crippen LogP contribution in [-0.2, 0) is 11.3 Å². The van der Waals surface area contributed by atoms with Crippen molar-refractivity contribution in [3.8, 4) is 5.75 Å². The molecule has 20 heavy (non-hydrogen) atoms. The van der Waals surface area contributed by atoms with Gasteiger partial charge in [0.1, 0.15) is 5.75 Å². The number of halogens is 1. The Balaban J connectivity index is 1.91. The van der Waals surface area contributed by atoms with Gasteiger partial charge in [0.2, 0.25) is 0 Å². The summed E-state index contributed by atoms with van der Waals surface area (Å²) in [5.41, 5.74) is 0. The van der Waals surface area contributed by atoms with Crippen molar-refractivity contribution in [2.45, 2.75) is 13.5 Å². The van der Waals surface area contributed by atoms with Crippen molar-refractivity contribution in [3.05, 3.63) is 51.7 Å². The van der Waals surface area contributed by atoms with E-state index in [0.717, 1.165) is 4.88 Å². The number of nitrogens with zero attached hydrogens (tertiary/aromatic N) is 1. The van der Waals surface area contributed by atoms with Gasteiger partial charge in [0.25, 0.3) is 5.91 Å². The Morgan fingerprint density at radius 2 is 2.10 bits per heavy atom. The Labute approximate surface area is 127 Å². The van der Waals surface area contributed by atoms with E-state index in [-0.39, 0.29) is 12.5 Å². The first kappa shape index (κ1) is 14.9. The molecule has 0 aliphatic carbocycles. The molecule has 0 fully saturated rings. The number of carbonyl (C=O) groups is 1. The van der Waals surface area contributed by atoms with E-state index in [2.05, 4.69) is 0 Å². The molecule has 0 saturated carbocycles. The van der Waals surface area contributed by atoms with Crippen molar-refractivity contribution in [3.63, 3.8) is 0 Å². The molecule has 0 spiro atoms. The summed E-state index contributed by atoms with van der Waals surface area (Å²) in [6.07, 6.45) is 0. The summed E-state index contributed by atoms with van der Waals surface area (Å²) in [6, 6.07) is 11.2. The molecule has 5 heteroatoms. The third-order valence-corrected chi connectivity index (χ3v) is 4.02. The number of amides is 1. The first-order valence-electron chi connectivity index (χ1n) is 6.38. The van der Waals surface area contributed by atoms with Gasteiger partial charge in [-0.25, -0.2) is 0 Å². The predicted octanol–water partition coefficient (Wildman–Crippen LogP) is 3.83. The lowest BCUT2D eigenvalue weighted by atomic mass is 10.3. The van der Waals surface area contributed by atoms with E-state index in [1.165, 1.54) is 0 Å². The molecule has 0 aliphatic heterocycles. The Morgan fingerprint density at radius 3 is 2.75 bits per heavy atom. The Kier molecular flexibility index (Phi) is 5.44. The topological polar surface area (TPSA) is 29.5 Å². The second-order valence-corrected chi connectivity index (χ2v) is 5.65. The highest BCUT2D eigenvalue weighted by Gasteiger charge is 2.14. The van der Waals surface area contributed by atoms with Crippen LogP contribution < -0.4 is 4.74 Å². The van der Waals surface area contributed by atoms with Crippen molar-refractivity contribution in [2.75, 3.05) is 13.2 Å². The van der Waals surface area contributed by atoms with Gasteiger partial charge in [0.15, 0.2) is 6.61 Å². The third kappa shape index (κ3) is 3.99. The summed E-state index contributed by atoms with van der Waals surface area (Å²) < 4.78 is 5.48. The molecule has 1 heterocycles. The summed E-state index contributed by atoms with van der Waals surface area (Å²) in [4.78, 5) is 15.1. The molecule has 1 aromatic heterocycles. The highest BCUT2D eigenvalue weighted by atomic mass is 35.5. The van der Waals surface area contributed by atoms with Crippen molar-refractivity contribution < 1.29 is 9.53 Å². The molecule has 0 unspecified atom stereocenters. The van der Waals surface area contributed by atoms with Crippen molar-refractivity contribution in [1.82, 2.24) is 4.90 Å². The van der Waals surface area contributed by atoms with Crippen LogP contribution in [0.25, 0.3) is 0 Å². The van der Waals surface area contributed by atoms with Crippen LogP contribution in [0, 0.1) is 0 Å². The van der Waals surface area contributed by atoms with Gasteiger partial charge >= 0.3 is 0 Å². The fourth-order valence-electron chi connectivity index (χ4n) is 1.76. The average Bonchev–Trinajstić information content (AvgIpc) is 2.96. The molecule has 0 N–H and O–H groups in total. The zero-order valence-electron chi connectivity index (χ0n) is 11.2. The highest BCUT2D eigenvalue weighted by molar-refractivity contribution is 7.09. The van der Waals surface area contributed by atoms with Gasteiger partial charge in [-0.15, -0.1) is 11.3 Å². The minimum Gasteiger partial charge on any atom is -0.482 e. The summed E-state index contributed by atoms with van der Waals surface area (Å²) in [5, 5.41) is 2.52. The second kappa shape index (κ2) is 7.31. The number of likely N-dealkylation sites (N-methyl/N-ethyl adjacent to an activating group) is 1. The normalized spacial score (nSPS) is 10.3. The molecule has 1 aromatic carbocycles. The smallest absolute Gasteiger partial charge is 0.260 e. The van der Waals surface area contributed by atoms with Crippen LogP contribution in [0.3, 0.4) is 0 Å². The van der Waals surface area contributed by atoms with Crippen LogP contribution in [0.15, 0.2) is 41.8 Å². The van der Waals surface area contributed by atoms with Crippen LogP contribution in [0.1, 0.15) is 11.8 Å². The summed E-state index contributed by atoms with van der Waals surface area (Å²) >= 11 is 7.63. The highest BCUT2D eigenvalue weighted by Crippen LogP contribution is 2.23. The number of rotatable bonds is 6. The van der Waals surface area contributed by atoms with Crippen LogP contribution in [-0.4, -0.2) is 24.0 Å². The van der Waals surface area contributed by atoms with E-state index in [4.69, 9.17) is 16.3 Å². The van der Waals surface area contributed by atoms with E-state index in [0.29, 0.717) is 23.9 Å². The van der Waals surface area contributed by atoms with Crippen LogP contribution in [0.4, 0.5) is 0 Å². The molecule has 0 radical (unpaired) electrons. The molecule has 0 aliphatic rings. The Hall–Kier alpha value is -1.52. The van der Waals surface area contributed by atoms with Gasteiger partial charge in [-0.1, -0.05) is 29.8 Å². The maximum absolute atomic E-state index is 12.1. The van der Waals surface area contributed by atoms with E-state index >= 15 is 0 Å². The maximum Gasteiger partial charge on any atom is 0.260 e. The number of hydrogen-bond acceptors (Lipinski definition) is 3. The average molecular weight is 310 g/mol. The molecule has 2 rings (SSSR count). The lowest BCUT2D eigenvalue weighted by Crippen LogP contribution is -2.34. The van der Waals surface area contributed by atoms with Crippen molar-refractivity contribution >= 4 is 28.8 Å². The largest absolute Gasteiger partial charge is 0.482 e. The zero-order chi connectivity index (χ0) is 14.4. The number of hydrogen-bond donors (Lipinski definition) is 0. The number of benzene rings is 1. The van der Waals surface area contributed by atoms with Gasteiger partial charge in [-0.2, -0.15) is 0 Å². The fourth-order valence-corrected chi connectivity index (χ4v) is 2.67. The van der Waals surface area contributed by atoms with Crippen LogP contribution >= 0.6 is 22.9 Å².